The molecule has 0 aliphatic carbocycles. The number of anilines is 2. The van der Waals surface area contributed by atoms with Gasteiger partial charge in [-0.05, 0) is 50.2 Å². The Bertz CT molecular complexity index is 969. The van der Waals surface area contributed by atoms with Crippen molar-refractivity contribution in [3.63, 3.8) is 0 Å². The lowest BCUT2D eigenvalue weighted by molar-refractivity contribution is 0.112. The molecular weight excluding hydrogens is 414 g/mol. The smallest absolute Gasteiger partial charge is 0.151 e. The number of nitrogens with one attached hydrogen (secondary N) is 2. The number of carbonyl (C=O) groups is 1. The fraction of sp³-hybridized carbons (Fsp3) is 0.182. The van der Waals surface area contributed by atoms with Gasteiger partial charge in [0.1, 0.15) is 5.82 Å². The minimum Gasteiger partial charge on any atom is -0.388 e. The van der Waals surface area contributed by atoms with Crippen LogP contribution in [0.4, 0.5) is 11.5 Å². The third kappa shape index (κ3) is 7.46. The highest BCUT2D eigenvalue weighted by atomic mass is 32.2. The highest BCUT2D eigenvalue weighted by molar-refractivity contribution is 8.02. The summed E-state index contributed by atoms with van der Waals surface area (Å²) in [5.41, 5.74) is 3.53. The maximum Gasteiger partial charge on any atom is 0.151 e. The first-order valence-electron chi connectivity index (χ1n) is 9.18. The van der Waals surface area contributed by atoms with Gasteiger partial charge in [-0.25, -0.2) is 9.97 Å². The SMILES string of the molecule is C=N/C(=C\SCNc1ccc(C=O)cn1)c1sc(C)nc1C.CNc1ccccc1. The van der Waals surface area contributed by atoms with E-state index < -0.39 is 0 Å². The van der Waals surface area contributed by atoms with Gasteiger partial charge in [0.05, 0.1) is 27.2 Å². The van der Waals surface area contributed by atoms with Crippen LogP contribution in [0.1, 0.15) is 25.9 Å². The molecule has 0 aliphatic heterocycles. The summed E-state index contributed by atoms with van der Waals surface area (Å²) in [5.74, 6) is 1.37. The van der Waals surface area contributed by atoms with Crippen molar-refractivity contribution < 1.29 is 4.79 Å². The molecule has 30 heavy (non-hydrogen) atoms. The number of pyridine rings is 1. The van der Waals surface area contributed by atoms with Crippen molar-refractivity contribution >= 4 is 53.3 Å². The van der Waals surface area contributed by atoms with Crippen LogP contribution in [0.2, 0.25) is 0 Å². The van der Waals surface area contributed by atoms with Gasteiger partial charge >= 0.3 is 0 Å². The predicted octanol–water partition coefficient (Wildman–Crippen LogP) is 5.50. The van der Waals surface area contributed by atoms with Crippen LogP contribution in [0, 0.1) is 13.8 Å². The summed E-state index contributed by atoms with van der Waals surface area (Å²) >= 11 is 3.18. The molecule has 2 heterocycles. The first kappa shape index (κ1) is 23.3. The maximum atomic E-state index is 10.6. The Morgan fingerprint density at radius 1 is 1.23 bits per heavy atom. The van der Waals surface area contributed by atoms with Gasteiger partial charge in [0.2, 0.25) is 0 Å². The van der Waals surface area contributed by atoms with Gasteiger partial charge < -0.3 is 10.6 Å². The van der Waals surface area contributed by atoms with E-state index in [1.54, 1.807) is 35.2 Å². The molecule has 0 radical (unpaired) electrons. The van der Waals surface area contributed by atoms with Crippen molar-refractivity contribution in [1.82, 2.24) is 9.97 Å². The number of aldehydes is 1. The molecule has 8 heteroatoms. The molecule has 6 nitrogen and oxygen atoms in total. The minimum atomic E-state index is 0.562. The van der Waals surface area contributed by atoms with Crippen molar-refractivity contribution in [1.29, 1.82) is 0 Å². The van der Waals surface area contributed by atoms with Gasteiger partial charge in [-0.2, -0.15) is 0 Å². The summed E-state index contributed by atoms with van der Waals surface area (Å²) < 4.78 is 0. The van der Waals surface area contributed by atoms with Crippen LogP contribution in [0.25, 0.3) is 5.70 Å². The van der Waals surface area contributed by atoms with Crippen LogP contribution in [-0.4, -0.2) is 35.9 Å². The molecule has 156 valence electrons. The largest absolute Gasteiger partial charge is 0.388 e. The fourth-order valence-corrected chi connectivity index (χ4v) is 3.99. The van der Waals surface area contributed by atoms with Gasteiger partial charge in [-0.3, -0.25) is 9.79 Å². The molecule has 0 unspecified atom stereocenters. The molecule has 0 amide bonds. The molecule has 3 rings (SSSR count). The summed E-state index contributed by atoms with van der Waals surface area (Å²) in [6.45, 7) is 7.57. The predicted molar refractivity (Wildman–Crippen MR) is 131 cm³/mol. The molecule has 0 aliphatic rings. The van der Waals surface area contributed by atoms with E-state index in [9.17, 15) is 4.79 Å². The molecule has 0 spiro atoms. The van der Waals surface area contributed by atoms with Gasteiger partial charge in [-0.15, -0.1) is 23.1 Å². The van der Waals surface area contributed by atoms with Crippen molar-refractivity contribution in [2.75, 3.05) is 23.6 Å². The first-order valence-corrected chi connectivity index (χ1v) is 11.0. The average molecular weight is 440 g/mol. The summed E-state index contributed by atoms with van der Waals surface area (Å²) in [5, 5.41) is 9.17. The summed E-state index contributed by atoms with van der Waals surface area (Å²) in [6, 6.07) is 13.6. The quantitative estimate of drug-likeness (QED) is 0.209. The lowest BCUT2D eigenvalue weighted by atomic mass is 10.3. The summed E-state index contributed by atoms with van der Waals surface area (Å²) in [6.07, 6.45) is 2.31. The van der Waals surface area contributed by atoms with E-state index in [1.165, 1.54) is 6.20 Å². The highest BCUT2D eigenvalue weighted by Crippen LogP contribution is 2.28. The van der Waals surface area contributed by atoms with E-state index in [2.05, 4.69) is 32.3 Å². The van der Waals surface area contributed by atoms with Crippen LogP contribution in [0.3, 0.4) is 0 Å². The highest BCUT2D eigenvalue weighted by Gasteiger charge is 2.08. The fourth-order valence-electron chi connectivity index (χ4n) is 2.35. The summed E-state index contributed by atoms with van der Waals surface area (Å²) in [4.78, 5) is 24.2. The number of aliphatic imine (C=N–C) groups is 1. The molecule has 0 atom stereocenters. The molecule has 0 bridgehead atoms. The second-order valence-corrected chi connectivity index (χ2v) is 8.07. The van der Waals surface area contributed by atoms with E-state index in [0.717, 1.165) is 39.1 Å². The van der Waals surface area contributed by atoms with Crippen molar-refractivity contribution in [2.45, 2.75) is 13.8 Å². The Morgan fingerprint density at radius 2 is 2.00 bits per heavy atom. The molecule has 2 N–H and O–H groups in total. The van der Waals surface area contributed by atoms with Crippen molar-refractivity contribution in [2.24, 2.45) is 4.99 Å². The second kappa shape index (κ2) is 12.6. The number of rotatable bonds is 8. The lowest BCUT2D eigenvalue weighted by Crippen LogP contribution is -1.99. The number of para-hydroxylation sites is 1. The number of thioether (sulfide) groups is 1. The zero-order chi connectivity index (χ0) is 21.8. The third-order valence-corrected chi connectivity index (χ3v) is 5.62. The van der Waals surface area contributed by atoms with E-state index in [1.807, 2.05) is 56.6 Å². The lowest BCUT2D eigenvalue weighted by Gasteiger charge is -2.04. The zero-order valence-electron chi connectivity index (χ0n) is 17.3. The number of hydrogen-bond acceptors (Lipinski definition) is 8. The first-order chi connectivity index (χ1) is 14.6. The van der Waals surface area contributed by atoms with Gasteiger partial charge in [-0.1, -0.05) is 18.2 Å². The number of nitrogens with zero attached hydrogens (tertiary/aromatic N) is 3. The summed E-state index contributed by atoms with van der Waals surface area (Å²) in [7, 11) is 1.91. The molecule has 0 saturated carbocycles. The monoisotopic (exact) mass is 439 g/mol. The number of aryl methyl sites for hydroxylation is 2. The Labute approximate surface area is 185 Å². The molecular formula is C22H25N5OS2. The zero-order valence-corrected chi connectivity index (χ0v) is 18.9. The molecule has 0 fully saturated rings. The van der Waals surface area contributed by atoms with E-state index in [0.29, 0.717) is 11.4 Å². The van der Waals surface area contributed by atoms with Gasteiger partial charge in [0, 0.05) is 24.5 Å². The Morgan fingerprint density at radius 3 is 2.50 bits per heavy atom. The maximum absolute atomic E-state index is 10.6. The number of carbonyl (C=O) groups excluding carboxylic acids is 1. The Kier molecular flexibility index (Phi) is 9.76. The van der Waals surface area contributed by atoms with Gasteiger partial charge in [0.25, 0.3) is 0 Å². The topological polar surface area (TPSA) is 79.3 Å². The van der Waals surface area contributed by atoms with Crippen LogP contribution < -0.4 is 10.6 Å². The molecule has 0 saturated heterocycles. The molecule has 2 aromatic heterocycles. The normalized spacial score (nSPS) is 10.6. The number of thiazole rings is 1. The standard InChI is InChI=1S/C15H16N4OS2.C7H9N/c1-10-15(22-11(2)19-10)13(16-3)8-21-9-18-14-5-4-12(7-20)6-17-14;1-8-7-5-3-2-4-6-7/h4-8H,3,9H2,1-2H3,(H,17,18);2-6,8H,1H3/b13-8-;. The Hall–Kier alpha value is -2.97. The van der Waals surface area contributed by atoms with Crippen molar-refractivity contribution in [3.05, 3.63) is 75.2 Å². The molecule has 3 aromatic rings. The van der Waals surface area contributed by atoms with E-state index in [-0.39, 0.29) is 0 Å². The minimum absolute atomic E-state index is 0.562. The van der Waals surface area contributed by atoms with Crippen LogP contribution in [-0.2, 0) is 0 Å². The third-order valence-electron chi connectivity index (χ3n) is 3.82. The van der Waals surface area contributed by atoms with E-state index in [4.69, 9.17) is 0 Å². The van der Waals surface area contributed by atoms with Crippen LogP contribution in [0.15, 0.2) is 59.1 Å². The van der Waals surface area contributed by atoms with Gasteiger partial charge in [0.15, 0.2) is 6.29 Å². The number of benzene rings is 1. The van der Waals surface area contributed by atoms with Crippen LogP contribution in [0.5, 0.6) is 0 Å². The van der Waals surface area contributed by atoms with Crippen LogP contribution >= 0.6 is 23.1 Å². The number of aromatic nitrogens is 2. The van der Waals surface area contributed by atoms with E-state index >= 15 is 0 Å². The molecule has 1 aromatic carbocycles. The Balaban J connectivity index is 0.000000335. The average Bonchev–Trinajstić information content (AvgIpc) is 3.13. The number of hydrogen-bond donors (Lipinski definition) is 2. The van der Waals surface area contributed by atoms with Crippen molar-refractivity contribution in [3.8, 4) is 0 Å². The second-order valence-electron chi connectivity index (χ2n) is 6.01.